The van der Waals surface area contributed by atoms with Crippen LogP contribution >= 0.6 is 0 Å². The van der Waals surface area contributed by atoms with E-state index in [1.165, 1.54) is 44.9 Å². The molecule has 1 N–H and O–H groups in total. The van der Waals surface area contributed by atoms with Crippen LogP contribution in [-0.4, -0.2) is 26.4 Å². The fraction of sp³-hybridized carbons (Fsp3) is 1.00. The van der Waals surface area contributed by atoms with E-state index in [1.54, 1.807) is 7.11 Å². The monoisotopic (exact) mass is 229 g/mol. The second kappa shape index (κ2) is 8.97. The van der Waals surface area contributed by atoms with Gasteiger partial charge in [-0.2, -0.15) is 5.48 Å². The van der Waals surface area contributed by atoms with E-state index in [0.29, 0.717) is 19.3 Å². The molecule has 0 aliphatic heterocycles. The summed E-state index contributed by atoms with van der Waals surface area (Å²) in [4.78, 5) is 5.39. The molecular weight excluding hydrogens is 202 g/mol. The summed E-state index contributed by atoms with van der Waals surface area (Å²) in [6.07, 6.45) is 9.36. The smallest absolute Gasteiger partial charge is 0.0915 e. The lowest BCUT2D eigenvalue weighted by molar-refractivity contribution is -0.0145. The zero-order valence-electron chi connectivity index (χ0n) is 10.8. The van der Waals surface area contributed by atoms with Gasteiger partial charge in [-0.15, -0.1) is 0 Å². The molecule has 0 bridgehead atoms. The minimum atomic E-state index is 0.554. The summed E-state index contributed by atoms with van der Waals surface area (Å²) in [6, 6.07) is 0.554. The number of nitrogens with one attached hydrogen (secondary N) is 1. The van der Waals surface area contributed by atoms with Crippen LogP contribution in [0.4, 0.5) is 0 Å². The molecule has 0 aromatic carbocycles. The maximum atomic E-state index is 5.39. The fourth-order valence-electron chi connectivity index (χ4n) is 2.50. The molecule has 96 valence electrons. The van der Waals surface area contributed by atoms with Gasteiger partial charge in [0.05, 0.1) is 13.2 Å². The van der Waals surface area contributed by atoms with E-state index in [4.69, 9.17) is 9.57 Å². The molecule has 2 unspecified atom stereocenters. The molecule has 16 heavy (non-hydrogen) atoms. The van der Waals surface area contributed by atoms with E-state index in [0.717, 1.165) is 5.92 Å². The van der Waals surface area contributed by atoms with E-state index in [1.807, 2.05) is 0 Å². The molecule has 0 amide bonds. The molecule has 1 rings (SSSR count). The van der Waals surface area contributed by atoms with E-state index in [2.05, 4.69) is 12.4 Å². The largest absolute Gasteiger partial charge is 0.382 e. The maximum absolute atomic E-state index is 5.39. The van der Waals surface area contributed by atoms with Crippen molar-refractivity contribution in [1.29, 1.82) is 0 Å². The Labute approximate surface area is 99.8 Å². The molecule has 1 aliphatic rings. The molecule has 1 saturated carbocycles. The Hall–Kier alpha value is -0.120. The highest BCUT2D eigenvalue weighted by atomic mass is 16.7. The van der Waals surface area contributed by atoms with Crippen molar-refractivity contribution in [2.24, 2.45) is 5.92 Å². The number of methoxy groups -OCH3 is 1. The van der Waals surface area contributed by atoms with Crippen LogP contribution in [0.5, 0.6) is 0 Å². The van der Waals surface area contributed by atoms with Gasteiger partial charge in [0.1, 0.15) is 0 Å². The van der Waals surface area contributed by atoms with Crippen molar-refractivity contribution in [2.75, 3.05) is 20.3 Å². The summed E-state index contributed by atoms with van der Waals surface area (Å²) >= 11 is 0. The zero-order chi connectivity index (χ0) is 11.6. The lowest BCUT2D eigenvalue weighted by Crippen LogP contribution is -2.29. The molecule has 0 heterocycles. The Morgan fingerprint density at radius 2 is 2.00 bits per heavy atom. The van der Waals surface area contributed by atoms with Gasteiger partial charge in [0.25, 0.3) is 0 Å². The predicted octanol–water partition coefficient (Wildman–Crippen LogP) is 2.90. The summed E-state index contributed by atoms with van der Waals surface area (Å²) in [5, 5.41) is 0. The minimum absolute atomic E-state index is 0.554. The van der Waals surface area contributed by atoms with Crippen molar-refractivity contribution >= 4 is 0 Å². The van der Waals surface area contributed by atoms with Crippen LogP contribution < -0.4 is 5.48 Å². The highest BCUT2D eigenvalue weighted by Crippen LogP contribution is 2.26. The number of hydroxylamine groups is 1. The summed E-state index contributed by atoms with van der Waals surface area (Å²) in [6.45, 7) is 3.60. The van der Waals surface area contributed by atoms with Gasteiger partial charge in [-0.05, 0) is 25.2 Å². The molecular formula is C13H27NO2. The normalized spacial score (nSPS) is 26.6. The van der Waals surface area contributed by atoms with Gasteiger partial charge >= 0.3 is 0 Å². The van der Waals surface area contributed by atoms with Gasteiger partial charge in [-0.25, -0.2) is 0 Å². The number of hydrogen-bond donors (Lipinski definition) is 1. The molecule has 0 saturated heterocycles. The predicted molar refractivity (Wildman–Crippen MR) is 66.2 cm³/mol. The summed E-state index contributed by atoms with van der Waals surface area (Å²) in [5.74, 6) is 0.954. The lowest BCUT2D eigenvalue weighted by atomic mass is 9.95. The average molecular weight is 229 g/mol. The van der Waals surface area contributed by atoms with Gasteiger partial charge in [-0.1, -0.05) is 32.6 Å². The Morgan fingerprint density at radius 1 is 1.12 bits per heavy atom. The lowest BCUT2D eigenvalue weighted by Gasteiger charge is -2.16. The molecule has 0 spiro atoms. The third-order valence-electron chi connectivity index (χ3n) is 3.42. The summed E-state index contributed by atoms with van der Waals surface area (Å²) < 4.78 is 4.94. The van der Waals surface area contributed by atoms with Crippen molar-refractivity contribution in [3.8, 4) is 0 Å². The van der Waals surface area contributed by atoms with Crippen molar-refractivity contribution in [2.45, 2.75) is 57.9 Å². The SMILES string of the molecule is CCCC1CCCC(NOCCOC)CC1. The van der Waals surface area contributed by atoms with Crippen LogP contribution in [0.25, 0.3) is 0 Å². The fourth-order valence-corrected chi connectivity index (χ4v) is 2.50. The highest BCUT2D eigenvalue weighted by molar-refractivity contribution is 4.72. The van der Waals surface area contributed by atoms with E-state index in [9.17, 15) is 0 Å². The third-order valence-corrected chi connectivity index (χ3v) is 3.42. The molecule has 1 aliphatic carbocycles. The van der Waals surface area contributed by atoms with E-state index < -0.39 is 0 Å². The average Bonchev–Trinajstić information content (AvgIpc) is 2.51. The van der Waals surface area contributed by atoms with Crippen molar-refractivity contribution in [1.82, 2.24) is 5.48 Å². The van der Waals surface area contributed by atoms with Crippen LogP contribution in [0.2, 0.25) is 0 Å². The number of ether oxygens (including phenoxy) is 1. The van der Waals surface area contributed by atoms with Gasteiger partial charge in [0.15, 0.2) is 0 Å². The van der Waals surface area contributed by atoms with Crippen LogP contribution in [0, 0.1) is 5.92 Å². The van der Waals surface area contributed by atoms with Gasteiger partial charge in [0, 0.05) is 13.2 Å². The Morgan fingerprint density at radius 3 is 2.75 bits per heavy atom. The van der Waals surface area contributed by atoms with Gasteiger partial charge < -0.3 is 4.74 Å². The van der Waals surface area contributed by atoms with Gasteiger partial charge in [-0.3, -0.25) is 4.84 Å². The quantitative estimate of drug-likeness (QED) is 0.413. The first kappa shape index (κ1) is 13.9. The van der Waals surface area contributed by atoms with Crippen molar-refractivity contribution < 1.29 is 9.57 Å². The second-order valence-electron chi connectivity index (χ2n) is 4.82. The Bertz CT molecular complexity index is 164. The first-order chi connectivity index (χ1) is 7.86. The Balaban J connectivity index is 2.10. The topological polar surface area (TPSA) is 30.5 Å². The van der Waals surface area contributed by atoms with Crippen LogP contribution in [0.3, 0.4) is 0 Å². The third kappa shape index (κ3) is 5.83. The number of hydrogen-bond acceptors (Lipinski definition) is 3. The summed E-state index contributed by atoms with van der Waals surface area (Å²) in [5.41, 5.74) is 3.18. The van der Waals surface area contributed by atoms with Crippen LogP contribution in [0.15, 0.2) is 0 Å². The molecule has 0 aromatic rings. The molecule has 0 radical (unpaired) electrons. The first-order valence-electron chi connectivity index (χ1n) is 6.73. The highest BCUT2D eigenvalue weighted by Gasteiger charge is 2.18. The van der Waals surface area contributed by atoms with Gasteiger partial charge in [0.2, 0.25) is 0 Å². The zero-order valence-corrected chi connectivity index (χ0v) is 10.8. The minimum Gasteiger partial charge on any atom is -0.382 e. The molecule has 3 nitrogen and oxygen atoms in total. The molecule has 3 heteroatoms. The van der Waals surface area contributed by atoms with Crippen LogP contribution in [0.1, 0.15) is 51.9 Å². The van der Waals surface area contributed by atoms with Crippen LogP contribution in [-0.2, 0) is 9.57 Å². The standard InChI is InChI=1S/C13H27NO2/c1-3-5-12-6-4-7-13(9-8-12)14-16-11-10-15-2/h12-14H,3-11H2,1-2H3. The Kier molecular flexibility index (Phi) is 7.81. The molecule has 2 atom stereocenters. The molecule has 0 aromatic heterocycles. The summed E-state index contributed by atoms with van der Waals surface area (Å²) in [7, 11) is 1.70. The molecule has 1 fully saturated rings. The van der Waals surface area contributed by atoms with Crippen molar-refractivity contribution in [3.05, 3.63) is 0 Å². The number of rotatable bonds is 7. The first-order valence-corrected chi connectivity index (χ1v) is 6.73. The van der Waals surface area contributed by atoms with E-state index in [-0.39, 0.29) is 0 Å². The van der Waals surface area contributed by atoms with E-state index >= 15 is 0 Å². The van der Waals surface area contributed by atoms with Crippen molar-refractivity contribution in [3.63, 3.8) is 0 Å². The second-order valence-corrected chi connectivity index (χ2v) is 4.82. The maximum Gasteiger partial charge on any atom is 0.0915 e.